The molecule has 0 bridgehead atoms. The van der Waals surface area contributed by atoms with Gasteiger partial charge in [-0.15, -0.1) is 0 Å². The van der Waals surface area contributed by atoms with E-state index < -0.39 is 17.5 Å². The minimum absolute atomic E-state index is 0.332. The van der Waals surface area contributed by atoms with Gasteiger partial charge in [-0.05, 0) is 31.7 Å². The van der Waals surface area contributed by atoms with Crippen LogP contribution in [0, 0.1) is 0 Å². The summed E-state index contributed by atoms with van der Waals surface area (Å²) in [6.45, 7) is 7.77. The van der Waals surface area contributed by atoms with Gasteiger partial charge in [0.25, 0.3) is 0 Å². The van der Waals surface area contributed by atoms with Crippen LogP contribution < -0.4 is 0 Å². The van der Waals surface area contributed by atoms with Gasteiger partial charge in [-0.25, -0.2) is 9.59 Å². The highest BCUT2D eigenvalue weighted by molar-refractivity contribution is 5.91. The van der Waals surface area contributed by atoms with E-state index in [-0.39, 0.29) is 0 Å². The number of hydrogen-bond donors (Lipinski definition) is 0. The molecule has 0 unspecified atom stereocenters. The molecule has 0 heterocycles. The Morgan fingerprint density at radius 1 is 1.11 bits per heavy atom. The van der Waals surface area contributed by atoms with Gasteiger partial charge >= 0.3 is 11.9 Å². The van der Waals surface area contributed by atoms with E-state index in [9.17, 15) is 9.59 Å². The molecule has 110 valence electrons. The highest BCUT2D eigenvalue weighted by Gasteiger charge is 2.18. The lowest BCUT2D eigenvalue weighted by Crippen LogP contribution is -2.24. The molecule has 0 aromatic carbocycles. The largest absolute Gasteiger partial charge is 0.463 e. The van der Waals surface area contributed by atoms with Gasteiger partial charge < -0.3 is 4.74 Å². The predicted molar refractivity (Wildman–Crippen MR) is 67.6 cm³/mol. The van der Waals surface area contributed by atoms with Crippen molar-refractivity contribution in [3.63, 3.8) is 0 Å². The van der Waals surface area contributed by atoms with Crippen LogP contribution in [0.2, 0.25) is 0 Å². The van der Waals surface area contributed by atoms with Gasteiger partial charge in [0, 0.05) is 12.2 Å². The van der Waals surface area contributed by atoms with Crippen molar-refractivity contribution in [2.45, 2.75) is 52.6 Å². The molecule has 0 aromatic rings. The van der Waals surface area contributed by atoms with Crippen LogP contribution in [-0.4, -0.2) is 24.1 Å². The average molecular weight is 274 g/mol. The van der Waals surface area contributed by atoms with E-state index >= 15 is 0 Å². The number of ether oxygens (including phenoxy) is 1. The van der Waals surface area contributed by atoms with Crippen molar-refractivity contribution < 1.29 is 29.1 Å². The van der Waals surface area contributed by atoms with E-state index in [1.54, 1.807) is 13.8 Å². The molecule has 0 aliphatic heterocycles. The van der Waals surface area contributed by atoms with Crippen LogP contribution in [0.15, 0.2) is 12.2 Å². The van der Waals surface area contributed by atoms with Crippen molar-refractivity contribution in [3.05, 3.63) is 12.2 Å². The summed E-state index contributed by atoms with van der Waals surface area (Å²) >= 11 is 0. The molecule has 0 spiro atoms. The fourth-order valence-corrected chi connectivity index (χ4v) is 0.731. The topological polar surface area (TPSA) is 71.1 Å². The third kappa shape index (κ3) is 10.2. The highest BCUT2D eigenvalue weighted by atomic mass is 17.5. The third-order valence-corrected chi connectivity index (χ3v) is 2.32. The Morgan fingerprint density at radius 2 is 1.74 bits per heavy atom. The standard InChI is InChI=1S/C13H22O6/c1-5-7-10-16-11(14)8-9-12(15)17-19-18-13(3,4)6-2/h8-9H,5-7,10H2,1-4H3/b9-8+. The average Bonchev–Trinajstić information content (AvgIpc) is 2.36. The molecule has 0 aliphatic rings. The summed E-state index contributed by atoms with van der Waals surface area (Å²) in [6, 6.07) is 0. The summed E-state index contributed by atoms with van der Waals surface area (Å²) in [6.07, 6.45) is 4.29. The van der Waals surface area contributed by atoms with Gasteiger partial charge in [-0.2, -0.15) is 4.89 Å². The molecule has 0 N–H and O–H groups in total. The van der Waals surface area contributed by atoms with Crippen LogP contribution in [0.3, 0.4) is 0 Å². The quantitative estimate of drug-likeness (QED) is 0.211. The second kappa shape index (κ2) is 9.52. The zero-order chi connectivity index (χ0) is 14.7. The maximum atomic E-state index is 11.1. The minimum atomic E-state index is -0.848. The molecule has 0 radical (unpaired) electrons. The van der Waals surface area contributed by atoms with Crippen LogP contribution in [0.1, 0.15) is 47.0 Å². The number of hydrogen-bond acceptors (Lipinski definition) is 6. The first kappa shape index (κ1) is 17.6. The van der Waals surface area contributed by atoms with Gasteiger partial charge in [0.2, 0.25) is 0 Å². The van der Waals surface area contributed by atoms with Crippen molar-refractivity contribution in [3.8, 4) is 0 Å². The van der Waals surface area contributed by atoms with Gasteiger partial charge in [0.05, 0.1) is 6.61 Å². The van der Waals surface area contributed by atoms with E-state index in [4.69, 9.17) is 9.62 Å². The van der Waals surface area contributed by atoms with Gasteiger partial charge in [0.15, 0.2) is 0 Å². The summed E-state index contributed by atoms with van der Waals surface area (Å²) in [5.74, 6) is -1.44. The summed E-state index contributed by atoms with van der Waals surface area (Å²) in [5.41, 5.74) is -0.553. The Balaban J connectivity index is 3.82. The first-order chi connectivity index (χ1) is 8.91. The molecule has 0 aromatic heterocycles. The SMILES string of the molecule is CCCCOC(=O)/C=C/C(=O)OOOC(C)(C)CC. The van der Waals surface area contributed by atoms with Crippen LogP contribution >= 0.6 is 0 Å². The normalized spacial score (nSPS) is 11.6. The van der Waals surface area contributed by atoms with E-state index in [0.717, 1.165) is 25.0 Å². The summed E-state index contributed by atoms with van der Waals surface area (Å²) in [4.78, 5) is 31.4. The van der Waals surface area contributed by atoms with Gasteiger partial charge in [0.1, 0.15) is 5.60 Å². The Labute approximate surface area is 113 Å². The van der Waals surface area contributed by atoms with E-state index in [1.807, 2.05) is 13.8 Å². The zero-order valence-electron chi connectivity index (χ0n) is 11.9. The number of esters is 1. The second-order valence-corrected chi connectivity index (χ2v) is 4.52. The summed E-state index contributed by atoms with van der Waals surface area (Å²) < 4.78 is 4.80. The lowest BCUT2D eigenvalue weighted by Gasteiger charge is -2.19. The van der Waals surface area contributed by atoms with Gasteiger partial charge in [-0.1, -0.05) is 20.3 Å². The molecule has 0 amide bonds. The number of carbonyl (C=O) groups excluding carboxylic acids is 2. The van der Waals surface area contributed by atoms with Crippen LogP contribution in [0.4, 0.5) is 0 Å². The Kier molecular flexibility index (Phi) is 8.82. The van der Waals surface area contributed by atoms with Crippen LogP contribution in [0.5, 0.6) is 0 Å². The molecular weight excluding hydrogens is 252 g/mol. The molecule has 0 rings (SSSR count). The van der Waals surface area contributed by atoms with Crippen molar-refractivity contribution in [2.24, 2.45) is 0 Å². The lowest BCUT2D eigenvalue weighted by atomic mass is 10.1. The molecule has 6 heteroatoms. The number of carbonyl (C=O) groups is 2. The first-order valence-corrected chi connectivity index (χ1v) is 6.32. The maximum absolute atomic E-state index is 11.1. The monoisotopic (exact) mass is 274 g/mol. The molecule has 0 saturated heterocycles. The van der Waals surface area contributed by atoms with Crippen molar-refractivity contribution >= 4 is 11.9 Å². The molecule has 0 saturated carbocycles. The second-order valence-electron chi connectivity index (χ2n) is 4.52. The van der Waals surface area contributed by atoms with Crippen LogP contribution in [0.25, 0.3) is 0 Å². The summed E-state index contributed by atoms with van der Waals surface area (Å²) in [5, 5.41) is 4.33. The van der Waals surface area contributed by atoms with Crippen LogP contribution in [-0.2, 0) is 29.1 Å². The zero-order valence-corrected chi connectivity index (χ0v) is 11.9. The fourth-order valence-electron chi connectivity index (χ4n) is 0.731. The van der Waals surface area contributed by atoms with E-state index in [2.05, 4.69) is 9.93 Å². The molecule has 0 aliphatic carbocycles. The Morgan fingerprint density at radius 3 is 2.32 bits per heavy atom. The van der Waals surface area contributed by atoms with Crippen molar-refractivity contribution in [2.75, 3.05) is 6.61 Å². The fraction of sp³-hybridized carbons (Fsp3) is 0.692. The third-order valence-electron chi connectivity index (χ3n) is 2.32. The first-order valence-electron chi connectivity index (χ1n) is 6.32. The van der Waals surface area contributed by atoms with E-state index in [1.165, 1.54) is 0 Å². The van der Waals surface area contributed by atoms with Gasteiger partial charge in [-0.3, -0.25) is 4.89 Å². The highest BCUT2D eigenvalue weighted by Crippen LogP contribution is 2.13. The number of rotatable bonds is 9. The van der Waals surface area contributed by atoms with Crippen molar-refractivity contribution in [1.29, 1.82) is 0 Å². The number of unbranched alkanes of at least 4 members (excludes halogenated alkanes) is 1. The Bertz CT molecular complexity index is 308. The smallest absolute Gasteiger partial charge is 0.369 e. The van der Waals surface area contributed by atoms with Crippen molar-refractivity contribution in [1.82, 2.24) is 0 Å². The Hall–Kier alpha value is -1.40. The molecule has 19 heavy (non-hydrogen) atoms. The molecular formula is C13H22O6. The van der Waals surface area contributed by atoms with E-state index in [0.29, 0.717) is 13.0 Å². The maximum Gasteiger partial charge on any atom is 0.369 e. The molecule has 0 fully saturated rings. The summed E-state index contributed by atoms with van der Waals surface area (Å²) in [7, 11) is 0. The molecule has 6 nitrogen and oxygen atoms in total. The minimum Gasteiger partial charge on any atom is -0.463 e. The predicted octanol–water partition coefficient (Wildman–Crippen LogP) is 2.48. The lowest BCUT2D eigenvalue weighted by molar-refractivity contribution is -0.515. The molecule has 0 atom stereocenters.